The summed E-state index contributed by atoms with van der Waals surface area (Å²) < 4.78 is 5.17. The fourth-order valence-corrected chi connectivity index (χ4v) is 4.04. The number of hydrogen-bond acceptors (Lipinski definition) is 6. The molecule has 0 radical (unpaired) electrons. The lowest BCUT2D eigenvalue weighted by Gasteiger charge is -2.34. The molecule has 0 aliphatic carbocycles. The molecule has 2 aromatic carbocycles. The largest absolute Gasteiger partial charge is 0.497 e. The number of thiazole rings is 1. The molecule has 0 saturated carbocycles. The standard InChI is InChI=1S/C22H24N4O2S/c1-28-19-9-7-18(8-10-19)23-22-24-20(16-29-22)21(27)26-13-11-25(12-14-26)15-17-5-3-2-4-6-17/h2-10,16H,11-15H2,1H3,(H,23,24). The number of aromatic nitrogens is 1. The van der Waals surface area contributed by atoms with Gasteiger partial charge in [-0.05, 0) is 29.8 Å². The molecule has 0 unspecified atom stereocenters. The van der Waals surface area contributed by atoms with E-state index in [2.05, 4.69) is 39.5 Å². The van der Waals surface area contributed by atoms with Crippen molar-refractivity contribution in [1.82, 2.24) is 14.8 Å². The van der Waals surface area contributed by atoms with Gasteiger partial charge in [0.2, 0.25) is 0 Å². The summed E-state index contributed by atoms with van der Waals surface area (Å²) in [6.07, 6.45) is 0. The summed E-state index contributed by atoms with van der Waals surface area (Å²) in [6.45, 7) is 4.13. The van der Waals surface area contributed by atoms with Gasteiger partial charge in [-0.1, -0.05) is 30.3 Å². The Labute approximate surface area is 174 Å². The Morgan fingerprint density at radius 1 is 1.07 bits per heavy atom. The Balaban J connectivity index is 1.31. The Kier molecular flexibility index (Phi) is 6.07. The quantitative estimate of drug-likeness (QED) is 0.671. The normalized spacial score (nSPS) is 14.6. The van der Waals surface area contributed by atoms with Gasteiger partial charge in [0.1, 0.15) is 11.4 Å². The molecule has 0 atom stereocenters. The average molecular weight is 409 g/mol. The van der Waals surface area contributed by atoms with Crippen molar-refractivity contribution in [3.05, 3.63) is 71.2 Å². The average Bonchev–Trinajstić information content (AvgIpc) is 3.23. The first-order valence-electron chi connectivity index (χ1n) is 9.63. The summed E-state index contributed by atoms with van der Waals surface area (Å²) in [4.78, 5) is 21.6. The highest BCUT2D eigenvalue weighted by Crippen LogP contribution is 2.23. The van der Waals surface area contributed by atoms with Crippen LogP contribution in [0.2, 0.25) is 0 Å². The molecule has 1 saturated heterocycles. The third kappa shape index (κ3) is 4.93. The zero-order chi connectivity index (χ0) is 20.1. The lowest BCUT2D eigenvalue weighted by molar-refractivity contribution is 0.0623. The van der Waals surface area contributed by atoms with E-state index in [1.807, 2.05) is 40.6 Å². The van der Waals surface area contributed by atoms with E-state index in [1.165, 1.54) is 16.9 Å². The summed E-state index contributed by atoms with van der Waals surface area (Å²) in [5, 5.41) is 5.77. The van der Waals surface area contributed by atoms with Crippen molar-refractivity contribution in [2.24, 2.45) is 0 Å². The van der Waals surface area contributed by atoms with Gasteiger partial charge >= 0.3 is 0 Å². The van der Waals surface area contributed by atoms with Crippen molar-refractivity contribution >= 4 is 28.1 Å². The monoisotopic (exact) mass is 408 g/mol. The molecule has 29 heavy (non-hydrogen) atoms. The van der Waals surface area contributed by atoms with Crippen molar-refractivity contribution in [3.8, 4) is 5.75 Å². The van der Waals surface area contributed by atoms with Gasteiger partial charge in [-0.3, -0.25) is 9.69 Å². The lowest BCUT2D eigenvalue weighted by atomic mass is 10.2. The maximum absolute atomic E-state index is 12.8. The number of amides is 1. The van der Waals surface area contributed by atoms with Crippen LogP contribution in [0.4, 0.5) is 10.8 Å². The molecule has 2 heterocycles. The Hall–Kier alpha value is -2.90. The van der Waals surface area contributed by atoms with Crippen LogP contribution in [0.3, 0.4) is 0 Å². The Morgan fingerprint density at radius 3 is 2.48 bits per heavy atom. The molecule has 1 amide bonds. The zero-order valence-corrected chi connectivity index (χ0v) is 17.2. The number of carbonyl (C=O) groups excluding carboxylic acids is 1. The smallest absolute Gasteiger partial charge is 0.273 e. The van der Waals surface area contributed by atoms with Crippen LogP contribution >= 0.6 is 11.3 Å². The molecular formula is C22H24N4O2S. The molecule has 0 bridgehead atoms. The first-order valence-corrected chi connectivity index (χ1v) is 10.5. The number of nitrogens with one attached hydrogen (secondary N) is 1. The number of rotatable bonds is 6. The Bertz CT molecular complexity index is 935. The molecule has 4 rings (SSSR count). The van der Waals surface area contributed by atoms with Crippen molar-refractivity contribution in [2.45, 2.75) is 6.54 Å². The van der Waals surface area contributed by atoms with Crippen LogP contribution in [-0.2, 0) is 6.54 Å². The zero-order valence-electron chi connectivity index (χ0n) is 16.4. The van der Waals surface area contributed by atoms with E-state index in [-0.39, 0.29) is 5.91 Å². The van der Waals surface area contributed by atoms with E-state index in [9.17, 15) is 4.79 Å². The lowest BCUT2D eigenvalue weighted by Crippen LogP contribution is -2.48. The first kappa shape index (κ1) is 19.4. The fourth-order valence-electron chi connectivity index (χ4n) is 3.34. The van der Waals surface area contributed by atoms with Gasteiger partial charge in [0.15, 0.2) is 5.13 Å². The van der Waals surface area contributed by atoms with Crippen LogP contribution in [-0.4, -0.2) is 54.0 Å². The van der Waals surface area contributed by atoms with Crippen LogP contribution in [0.5, 0.6) is 5.75 Å². The number of piperazine rings is 1. The molecular weight excluding hydrogens is 384 g/mol. The van der Waals surface area contributed by atoms with Crippen LogP contribution in [0.1, 0.15) is 16.1 Å². The third-order valence-corrected chi connectivity index (χ3v) is 5.73. The molecule has 1 aliphatic heterocycles. The topological polar surface area (TPSA) is 57.7 Å². The SMILES string of the molecule is COc1ccc(Nc2nc(C(=O)N3CCN(Cc4ccccc4)CC3)cs2)cc1. The van der Waals surface area contributed by atoms with Gasteiger partial charge in [-0.25, -0.2) is 4.98 Å². The van der Waals surface area contributed by atoms with Gasteiger partial charge in [0.25, 0.3) is 5.91 Å². The van der Waals surface area contributed by atoms with Crippen molar-refractivity contribution < 1.29 is 9.53 Å². The van der Waals surface area contributed by atoms with Crippen molar-refractivity contribution in [2.75, 3.05) is 38.6 Å². The van der Waals surface area contributed by atoms with E-state index in [0.29, 0.717) is 10.8 Å². The summed E-state index contributed by atoms with van der Waals surface area (Å²) in [7, 11) is 1.64. The highest BCUT2D eigenvalue weighted by atomic mass is 32.1. The van der Waals surface area contributed by atoms with Crippen LogP contribution in [0.15, 0.2) is 60.0 Å². The second-order valence-electron chi connectivity index (χ2n) is 6.95. The summed E-state index contributed by atoms with van der Waals surface area (Å²) in [5.41, 5.74) is 2.72. The maximum atomic E-state index is 12.8. The number of carbonyl (C=O) groups is 1. The summed E-state index contributed by atoms with van der Waals surface area (Å²) >= 11 is 1.44. The molecule has 6 nitrogen and oxygen atoms in total. The van der Waals surface area contributed by atoms with Crippen LogP contribution in [0.25, 0.3) is 0 Å². The molecule has 1 aromatic heterocycles. The highest BCUT2D eigenvalue weighted by molar-refractivity contribution is 7.14. The van der Waals surface area contributed by atoms with E-state index in [4.69, 9.17) is 4.74 Å². The minimum atomic E-state index is 0.00314. The minimum Gasteiger partial charge on any atom is -0.497 e. The fraction of sp³-hybridized carbons (Fsp3) is 0.273. The predicted octanol–water partition coefficient (Wildman–Crippen LogP) is 3.85. The van der Waals surface area contributed by atoms with E-state index < -0.39 is 0 Å². The molecule has 1 aliphatic rings. The second kappa shape index (κ2) is 9.07. The van der Waals surface area contributed by atoms with Crippen LogP contribution < -0.4 is 10.1 Å². The number of nitrogens with zero attached hydrogens (tertiary/aromatic N) is 3. The van der Waals surface area contributed by atoms with Gasteiger partial charge in [0.05, 0.1) is 7.11 Å². The second-order valence-corrected chi connectivity index (χ2v) is 7.80. The number of benzene rings is 2. The highest BCUT2D eigenvalue weighted by Gasteiger charge is 2.24. The maximum Gasteiger partial charge on any atom is 0.273 e. The minimum absolute atomic E-state index is 0.00314. The van der Waals surface area contributed by atoms with E-state index in [1.54, 1.807) is 7.11 Å². The molecule has 0 spiro atoms. The molecule has 1 N–H and O–H groups in total. The molecule has 1 fully saturated rings. The van der Waals surface area contributed by atoms with Gasteiger partial charge < -0.3 is 15.0 Å². The number of methoxy groups -OCH3 is 1. The van der Waals surface area contributed by atoms with Crippen molar-refractivity contribution in [3.63, 3.8) is 0 Å². The Morgan fingerprint density at radius 2 is 1.79 bits per heavy atom. The third-order valence-electron chi connectivity index (χ3n) is 4.97. The first-order chi connectivity index (χ1) is 14.2. The van der Waals surface area contributed by atoms with E-state index in [0.717, 1.165) is 44.2 Å². The van der Waals surface area contributed by atoms with Gasteiger partial charge in [-0.2, -0.15) is 0 Å². The van der Waals surface area contributed by atoms with Crippen molar-refractivity contribution in [1.29, 1.82) is 0 Å². The number of anilines is 2. The predicted molar refractivity (Wildman–Crippen MR) is 116 cm³/mol. The summed E-state index contributed by atoms with van der Waals surface area (Å²) in [5.74, 6) is 0.806. The summed E-state index contributed by atoms with van der Waals surface area (Å²) in [6, 6.07) is 18.1. The van der Waals surface area contributed by atoms with Gasteiger partial charge in [0, 0.05) is 43.8 Å². The number of ether oxygens (including phenoxy) is 1. The number of hydrogen-bond donors (Lipinski definition) is 1. The van der Waals surface area contributed by atoms with Crippen LogP contribution in [0, 0.1) is 0 Å². The van der Waals surface area contributed by atoms with Gasteiger partial charge in [-0.15, -0.1) is 11.3 Å². The molecule has 150 valence electrons. The van der Waals surface area contributed by atoms with E-state index >= 15 is 0 Å². The molecule has 3 aromatic rings. The molecule has 7 heteroatoms.